The van der Waals surface area contributed by atoms with E-state index in [1.807, 2.05) is 18.2 Å². The maximum Gasteiger partial charge on any atom is 0.319 e. The molecule has 3 aromatic rings. The van der Waals surface area contributed by atoms with Crippen LogP contribution >= 0.6 is 0 Å². The Morgan fingerprint density at radius 1 is 1.05 bits per heavy atom. The van der Waals surface area contributed by atoms with Crippen molar-refractivity contribution in [2.24, 2.45) is 0 Å². The molecule has 202 valence electrons. The topological polar surface area (TPSA) is 174 Å². The number of anilines is 1. The molecule has 1 aliphatic heterocycles. The normalized spacial score (nSPS) is 23.0. The molecule has 2 amide bonds. The van der Waals surface area contributed by atoms with Gasteiger partial charge in [0.1, 0.15) is 35.9 Å². The number of aliphatic hydroxyl groups excluding tert-OH is 4. The summed E-state index contributed by atoms with van der Waals surface area (Å²) in [6.07, 6.45) is -3.47. The highest BCUT2D eigenvalue weighted by Crippen LogP contribution is 2.33. The third-order valence-electron chi connectivity index (χ3n) is 6.28. The highest BCUT2D eigenvalue weighted by molar-refractivity contribution is 5.89. The highest BCUT2D eigenvalue weighted by Gasteiger charge is 2.45. The first kappa shape index (κ1) is 27.3. The molecule has 0 spiro atoms. The molecule has 11 heteroatoms. The van der Waals surface area contributed by atoms with E-state index in [2.05, 4.69) is 15.6 Å². The summed E-state index contributed by atoms with van der Waals surface area (Å²) < 4.78 is 11.3. The summed E-state index contributed by atoms with van der Waals surface area (Å²) in [5.41, 5.74) is 3.75. The summed E-state index contributed by atoms with van der Waals surface area (Å²) in [6, 6.07) is 13.4. The average molecular weight is 526 g/mol. The van der Waals surface area contributed by atoms with E-state index in [-0.39, 0.29) is 17.5 Å². The van der Waals surface area contributed by atoms with Crippen molar-refractivity contribution in [3.63, 3.8) is 0 Å². The lowest BCUT2D eigenvalue weighted by Gasteiger charge is -2.39. The Labute approximate surface area is 219 Å². The van der Waals surface area contributed by atoms with E-state index in [0.29, 0.717) is 29.8 Å². The van der Waals surface area contributed by atoms with Gasteiger partial charge in [0, 0.05) is 42.7 Å². The summed E-state index contributed by atoms with van der Waals surface area (Å²) >= 11 is 0. The predicted molar refractivity (Wildman–Crippen MR) is 137 cm³/mol. The molecule has 0 aliphatic carbocycles. The molecule has 0 bridgehead atoms. The third kappa shape index (κ3) is 6.57. The highest BCUT2D eigenvalue weighted by atomic mass is 16.7. The first-order valence-corrected chi connectivity index (χ1v) is 12.1. The van der Waals surface area contributed by atoms with E-state index in [1.54, 1.807) is 43.6 Å². The number of carbonyl (C=O) groups excluding carboxylic acids is 1. The van der Waals surface area contributed by atoms with Crippen molar-refractivity contribution >= 4 is 11.7 Å². The molecule has 38 heavy (non-hydrogen) atoms. The van der Waals surface area contributed by atoms with Crippen LogP contribution in [0.15, 0.2) is 60.9 Å². The maximum atomic E-state index is 12.2. The number of hydrogen-bond acceptors (Lipinski definition) is 9. The lowest BCUT2D eigenvalue weighted by molar-refractivity contribution is -0.277. The third-order valence-corrected chi connectivity index (χ3v) is 6.28. The number of ether oxygens (including phenoxy) is 2. The molecule has 1 aromatic heterocycles. The second-order valence-electron chi connectivity index (χ2n) is 9.10. The van der Waals surface area contributed by atoms with Crippen LogP contribution in [0.3, 0.4) is 0 Å². The predicted octanol–water partition coefficient (Wildman–Crippen LogP) is 1.19. The Balaban J connectivity index is 1.43. The van der Waals surface area contributed by atoms with E-state index in [9.17, 15) is 30.3 Å². The van der Waals surface area contributed by atoms with Crippen molar-refractivity contribution in [1.82, 2.24) is 10.3 Å². The molecule has 4 rings (SSSR count). The molecule has 1 saturated heterocycles. The number of aryl methyl sites for hydroxylation is 1. The van der Waals surface area contributed by atoms with Crippen LogP contribution in [0.5, 0.6) is 11.5 Å². The number of hydrogen-bond donors (Lipinski definition) is 7. The number of rotatable bonds is 8. The summed E-state index contributed by atoms with van der Waals surface area (Å²) in [4.78, 5) is 16.2. The Kier molecular flexibility index (Phi) is 8.77. The number of aliphatic hydroxyl groups is 4. The first-order valence-electron chi connectivity index (χ1n) is 12.1. The Morgan fingerprint density at radius 3 is 2.50 bits per heavy atom. The van der Waals surface area contributed by atoms with E-state index in [1.165, 1.54) is 6.07 Å². The molecule has 0 saturated carbocycles. The zero-order valence-electron chi connectivity index (χ0n) is 20.7. The van der Waals surface area contributed by atoms with Crippen molar-refractivity contribution in [3.05, 3.63) is 83.2 Å². The fourth-order valence-corrected chi connectivity index (χ4v) is 4.16. The van der Waals surface area contributed by atoms with Gasteiger partial charge in [-0.15, -0.1) is 0 Å². The average Bonchev–Trinajstić information content (AvgIpc) is 2.91. The number of nitrogens with one attached hydrogen (secondary N) is 2. The van der Waals surface area contributed by atoms with Gasteiger partial charge in [-0.25, -0.2) is 4.79 Å². The van der Waals surface area contributed by atoms with Crippen molar-refractivity contribution in [2.75, 3.05) is 11.9 Å². The Hall–Kier alpha value is -3.74. The van der Waals surface area contributed by atoms with E-state index in [4.69, 9.17) is 9.47 Å². The van der Waals surface area contributed by atoms with E-state index in [0.717, 1.165) is 11.1 Å². The van der Waals surface area contributed by atoms with Gasteiger partial charge in [0.05, 0.1) is 6.61 Å². The smallest absolute Gasteiger partial charge is 0.319 e. The van der Waals surface area contributed by atoms with Gasteiger partial charge in [0.15, 0.2) is 0 Å². The Bertz CT molecular complexity index is 1220. The van der Waals surface area contributed by atoms with Crippen LogP contribution in [-0.2, 0) is 17.7 Å². The lowest BCUT2D eigenvalue weighted by Crippen LogP contribution is -2.60. The van der Waals surface area contributed by atoms with Crippen LogP contribution in [0, 0.1) is 6.92 Å². The molecule has 0 unspecified atom stereocenters. The molecule has 1 fully saturated rings. The molecule has 7 N–H and O–H groups in total. The summed E-state index contributed by atoms with van der Waals surface area (Å²) in [5, 5.41) is 55.6. The second kappa shape index (κ2) is 12.2. The summed E-state index contributed by atoms with van der Waals surface area (Å²) in [5.74, 6) is 0.145. The zero-order chi connectivity index (χ0) is 27.2. The number of phenols is 1. The number of phenolic OH excluding ortho intramolecular Hbond substituents is 1. The standard InChI is InChI=1S/C27H31N3O8/c1-15-9-19(32)11-21(37-26-25(35)24(34)23(33)22(14-31)38-26)20(15)10-16-4-6-18(7-5-16)30-27(36)29-13-17-3-2-8-28-12-17/h2-9,11-12,22-26,31-35H,10,13-14H2,1H3,(H2,29,30,36)/t22-,23-,24+,25-,26+/m1/s1. The van der Waals surface area contributed by atoms with Gasteiger partial charge in [0.2, 0.25) is 6.29 Å². The summed E-state index contributed by atoms with van der Waals surface area (Å²) in [7, 11) is 0. The fraction of sp³-hybridized carbons (Fsp3) is 0.333. The summed E-state index contributed by atoms with van der Waals surface area (Å²) in [6.45, 7) is 1.55. The van der Waals surface area contributed by atoms with Crippen LogP contribution < -0.4 is 15.4 Å². The number of carbonyl (C=O) groups is 1. The van der Waals surface area contributed by atoms with Gasteiger partial charge < -0.3 is 45.6 Å². The molecule has 2 aromatic carbocycles. The minimum atomic E-state index is -1.59. The van der Waals surface area contributed by atoms with Crippen molar-refractivity contribution in [3.8, 4) is 11.5 Å². The molecule has 11 nitrogen and oxygen atoms in total. The van der Waals surface area contributed by atoms with Crippen LogP contribution in [0.1, 0.15) is 22.3 Å². The zero-order valence-corrected chi connectivity index (χ0v) is 20.7. The Morgan fingerprint density at radius 2 is 1.82 bits per heavy atom. The molecule has 0 radical (unpaired) electrons. The number of aromatic hydroxyl groups is 1. The van der Waals surface area contributed by atoms with Gasteiger partial charge in [-0.1, -0.05) is 18.2 Å². The van der Waals surface area contributed by atoms with Crippen molar-refractivity contribution in [1.29, 1.82) is 0 Å². The number of benzene rings is 2. The number of pyridine rings is 1. The number of aromatic nitrogens is 1. The van der Waals surface area contributed by atoms with Crippen molar-refractivity contribution < 1.29 is 39.8 Å². The van der Waals surface area contributed by atoms with Crippen LogP contribution in [0.4, 0.5) is 10.5 Å². The van der Waals surface area contributed by atoms with Crippen molar-refractivity contribution in [2.45, 2.75) is 50.6 Å². The SMILES string of the molecule is Cc1cc(O)cc(O[C@H]2O[C@H](CO)[C@@H](O)[C@H](O)[C@H]2O)c1Cc1ccc(NC(=O)NCc2cccnc2)cc1. The molecule has 2 heterocycles. The molecule has 1 aliphatic rings. The van der Waals surface area contributed by atoms with Crippen LogP contribution in [0.25, 0.3) is 0 Å². The van der Waals surface area contributed by atoms with E-state index >= 15 is 0 Å². The molecular formula is C27H31N3O8. The lowest BCUT2D eigenvalue weighted by atomic mass is 9.98. The molecule has 5 atom stereocenters. The molecular weight excluding hydrogens is 494 g/mol. The second-order valence-corrected chi connectivity index (χ2v) is 9.10. The van der Waals surface area contributed by atoms with Gasteiger partial charge in [0.25, 0.3) is 0 Å². The van der Waals surface area contributed by atoms with E-state index < -0.39 is 37.3 Å². The fourth-order valence-electron chi connectivity index (χ4n) is 4.16. The number of urea groups is 1. The van der Waals surface area contributed by atoms with Gasteiger partial charge in [-0.05, 0) is 47.9 Å². The van der Waals surface area contributed by atoms with Crippen LogP contribution in [-0.4, -0.2) is 73.9 Å². The largest absolute Gasteiger partial charge is 0.508 e. The minimum Gasteiger partial charge on any atom is -0.508 e. The van der Waals surface area contributed by atoms with Crippen LogP contribution in [0.2, 0.25) is 0 Å². The quantitative estimate of drug-likeness (QED) is 0.228. The maximum absolute atomic E-state index is 12.2. The van der Waals surface area contributed by atoms with Gasteiger partial charge >= 0.3 is 6.03 Å². The number of nitrogens with zero attached hydrogens (tertiary/aromatic N) is 1. The van der Waals surface area contributed by atoms with Gasteiger partial charge in [-0.3, -0.25) is 4.98 Å². The number of amides is 2. The monoisotopic (exact) mass is 525 g/mol. The minimum absolute atomic E-state index is 0.0670. The first-order chi connectivity index (χ1) is 18.2. The van der Waals surface area contributed by atoms with Gasteiger partial charge in [-0.2, -0.15) is 0 Å².